The van der Waals surface area contributed by atoms with E-state index in [1.54, 1.807) is 18.2 Å². The van der Waals surface area contributed by atoms with E-state index >= 15 is 0 Å². The van der Waals surface area contributed by atoms with Crippen LogP contribution in [0.1, 0.15) is 11.1 Å². The third-order valence-electron chi connectivity index (χ3n) is 3.94. The van der Waals surface area contributed by atoms with Gasteiger partial charge in [0.05, 0.1) is 22.5 Å². The lowest BCUT2D eigenvalue weighted by Gasteiger charge is -2.22. The van der Waals surface area contributed by atoms with Crippen LogP contribution >= 0.6 is 11.6 Å². The SMILES string of the molecule is Cc1cccc(OC2=CN(C(=O)NNc3ccc(Cl)c(C(F)(F)F)c3)CC=C2)c1. The Morgan fingerprint density at radius 3 is 2.72 bits per heavy atom. The molecule has 1 aliphatic rings. The largest absolute Gasteiger partial charge is 0.456 e. The second kappa shape index (κ2) is 8.48. The topological polar surface area (TPSA) is 53.6 Å². The Labute approximate surface area is 170 Å². The first kappa shape index (κ1) is 20.6. The van der Waals surface area contributed by atoms with Crippen molar-refractivity contribution >= 4 is 23.3 Å². The van der Waals surface area contributed by atoms with Crippen LogP contribution in [-0.2, 0) is 6.18 Å². The van der Waals surface area contributed by atoms with Crippen molar-refractivity contribution in [3.05, 3.63) is 82.7 Å². The lowest BCUT2D eigenvalue weighted by atomic mass is 10.2. The number of nitrogens with one attached hydrogen (secondary N) is 2. The van der Waals surface area contributed by atoms with Crippen molar-refractivity contribution in [1.82, 2.24) is 10.3 Å². The van der Waals surface area contributed by atoms with E-state index in [2.05, 4.69) is 10.9 Å². The van der Waals surface area contributed by atoms with Crippen molar-refractivity contribution in [3.63, 3.8) is 0 Å². The van der Waals surface area contributed by atoms with Gasteiger partial charge in [0, 0.05) is 6.54 Å². The third kappa shape index (κ3) is 5.45. The van der Waals surface area contributed by atoms with Crippen LogP contribution in [0.3, 0.4) is 0 Å². The maximum atomic E-state index is 12.9. The van der Waals surface area contributed by atoms with Gasteiger partial charge in [-0.05, 0) is 48.9 Å². The average Bonchev–Trinajstić information content (AvgIpc) is 2.66. The molecule has 0 fully saturated rings. The van der Waals surface area contributed by atoms with E-state index < -0.39 is 22.8 Å². The number of hydrogen-bond acceptors (Lipinski definition) is 3. The highest BCUT2D eigenvalue weighted by atomic mass is 35.5. The van der Waals surface area contributed by atoms with E-state index in [4.69, 9.17) is 16.3 Å². The molecule has 1 heterocycles. The predicted molar refractivity (Wildman–Crippen MR) is 104 cm³/mol. The first-order chi connectivity index (χ1) is 13.7. The molecule has 0 aliphatic carbocycles. The Bertz CT molecular complexity index is 974. The van der Waals surface area contributed by atoms with Gasteiger partial charge < -0.3 is 4.74 Å². The lowest BCUT2D eigenvalue weighted by Crippen LogP contribution is -2.40. The molecule has 0 spiro atoms. The number of hydrazine groups is 1. The molecular weight excluding hydrogens is 407 g/mol. The first-order valence-corrected chi connectivity index (χ1v) is 8.92. The lowest BCUT2D eigenvalue weighted by molar-refractivity contribution is -0.137. The molecule has 0 atom stereocenters. The highest BCUT2D eigenvalue weighted by Gasteiger charge is 2.33. The summed E-state index contributed by atoms with van der Waals surface area (Å²) in [6.45, 7) is 2.22. The van der Waals surface area contributed by atoms with E-state index in [-0.39, 0.29) is 12.2 Å². The number of allylic oxidation sites excluding steroid dienone is 1. The number of urea groups is 1. The molecule has 0 saturated heterocycles. The van der Waals surface area contributed by atoms with E-state index in [0.29, 0.717) is 11.5 Å². The summed E-state index contributed by atoms with van der Waals surface area (Å²) >= 11 is 5.58. The minimum Gasteiger partial charge on any atom is -0.456 e. The number of amides is 2. The van der Waals surface area contributed by atoms with Gasteiger partial charge in [0.25, 0.3) is 0 Å². The highest BCUT2D eigenvalue weighted by Crippen LogP contribution is 2.36. The molecule has 5 nitrogen and oxygen atoms in total. The zero-order chi connectivity index (χ0) is 21.0. The van der Waals surface area contributed by atoms with E-state index in [9.17, 15) is 18.0 Å². The Balaban J connectivity index is 1.64. The molecule has 0 unspecified atom stereocenters. The summed E-state index contributed by atoms with van der Waals surface area (Å²) in [6.07, 6.45) is 0.368. The van der Waals surface area contributed by atoms with Crippen LogP contribution in [0, 0.1) is 6.92 Å². The van der Waals surface area contributed by atoms with Crippen molar-refractivity contribution in [2.75, 3.05) is 12.0 Å². The van der Waals surface area contributed by atoms with Crippen molar-refractivity contribution in [1.29, 1.82) is 0 Å². The standard InChI is InChI=1S/C20H17ClF3N3O2/c1-13-4-2-5-15(10-13)29-16-6-3-9-27(12-16)19(28)26-25-14-7-8-18(21)17(11-14)20(22,23)24/h2-8,10-12,25H,9H2,1H3,(H,26,28). The zero-order valence-corrected chi connectivity index (χ0v) is 16.0. The number of halogens is 4. The number of nitrogens with zero attached hydrogens (tertiary/aromatic N) is 1. The van der Waals surface area contributed by atoms with Gasteiger partial charge in [0.2, 0.25) is 0 Å². The van der Waals surface area contributed by atoms with Gasteiger partial charge in [-0.1, -0.05) is 29.8 Å². The van der Waals surface area contributed by atoms with Crippen molar-refractivity contribution in [2.24, 2.45) is 0 Å². The number of rotatable bonds is 4. The van der Waals surface area contributed by atoms with Crippen molar-refractivity contribution in [2.45, 2.75) is 13.1 Å². The monoisotopic (exact) mass is 423 g/mol. The van der Waals surface area contributed by atoms with E-state index in [0.717, 1.165) is 17.7 Å². The number of ether oxygens (including phenoxy) is 1. The molecule has 2 N–H and O–H groups in total. The van der Waals surface area contributed by atoms with Crippen LogP contribution in [0.2, 0.25) is 5.02 Å². The Kier molecular flexibility index (Phi) is 6.03. The van der Waals surface area contributed by atoms with Gasteiger partial charge in [-0.2, -0.15) is 13.2 Å². The highest BCUT2D eigenvalue weighted by molar-refractivity contribution is 6.31. The quantitative estimate of drug-likeness (QED) is 0.639. The third-order valence-corrected chi connectivity index (χ3v) is 4.27. The molecule has 3 rings (SSSR count). The molecule has 2 aromatic carbocycles. The molecule has 9 heteroatoms. The summed E-state index contributed by atoms with van der Waals surface area (Å²) in [5.74, 6) is 1.07. The Morgan fingerprint density at radius 1 is 1.21 bits per heavy atom. The first-order valence-electron chi connectivity index (χ1n) is 8.54. The molecule has 152 valence electrons. The van der Waals surface area contributed by atoms with Gasteiger partial charge in [0.1, 0.15) is 11.5 Å². The van der Waals surface area contributed by atoms with Crippen LogP contribution in [0.25, 0.3) is 0 Å². The van der Waals surface area contributed by atoms with Crippen LogP contribution in [0.5, 0.6) is 5.75 Å². The molecule has 1 aliphatic heterocycles. The van der Waals surface area contributed by atoms with Gasteiger partial charge in [-0.25, -0.2) is 4.79 Å². The zero-order valence-electron chi connectivity index (χ0n) is 15.3. The molecule has 0 aromatic heterocycles. The summed E-state index contributed by atoms with van der Waals surface area (Å²) < 4.78 is 44.5. The molecular formula is C20H17ClF3N3O2. The summed E-state index contributed by atoms with van der Waals surface area (Å²) in [5.41, 5.74) is 4.89. The maximum absolute atomic E-state index is 12.9. The summed E-state index contributed by atoms with van der Waals surface area (Å²) in [6, 6.07) is 10.1. The summed E-state index contributed by atoms with van der Waals surface area (Å²) in [5, 5.41) is -0.420. The minimum atomic E-state index is -4.60. The van der Waals surface area contributed by atoms with Gasteiger partial charge in [-0.15, -0.1) is 0 Å². The number of anilines is 1. The normalized spacial score (nSPS) is 13.7. The summed E-state index contributed by atoms with van der Waals surface area (Å²) in [4.78, 5) is 13.7. The molecule has 29 heavy (non-hydrogen) atoms. The Hall–Kier alpha value is -3.13. The van der Waals surface area contributed by atoms with Crippen LogP contribution in [0.15, 0.2) is 66.6 Å². The molecule has 0 radical (unpaired) electrons. The fourth-order valence-corrected chi connectivity index (χ4v) is 2.79. The fourth-order valence-electron chi connectivity index (χ4n) is 2.57. The number of carbonyl (C=O) groups excluding carboxylic acids is 1. The molecule has 2 aromatic rings. The van der Waals surface area contributed by atoms with Gasteiger partial charge in [0.15, 0.2) is 0 Å². The number of aryl methyl sites for hydroxylation is 1. The van der Waals surface area contributed by atoms with Gasteiger partial charge >= 0.3 is 12.2 Å². The van der Waals surface area contributed by atoms with Gasteiger partial charge in [-0.3, -0.25) is 15.8 Å². The number of alkyl halides is 3. The molecule has 0 saturated carbocycles. The maximum Gasteiger partial charge on any atom is 0.417 e. The molecule has 0 bridgehead atoms. The summed E-state index contributed by atoms with van der Waals surface area (Å²) in [7, 11) is 0. The number of hydrogen-bond donors (Lipinski definition) is 2. The Morgan fingerprint density at radius 2 is 2.00 bits per heavy atom. The fraction of sp³-hybridized carbons (Fsp3) is 0.150. The minimum absolute atomic E-state index is 0.0443. The smallest absolute Gasteiger partial charge is 0.417 e. The van der Waals surface area contributed by atoms with Crippen LogP contribution in [-0.4, -0.2) is 17.5 Å². The predicted octanol–water partition coefficient (Wildman–Crippen LogP) is 5.50. The number of benzene rings is 2. The number of carbonyl (C=O) groups is 1. The van der Waals surface area contributed by atoms with Crippen LogP contribution < -0.4 is 15.6 Å². The van der Waals surface area contributed by atoms with E-state index in [1.165, 1.54) is 17.2 Å². The van der Waals surface area contributed by atoms with E-state index in [1.807, 2.05) is 25.1 Å². The van der Waals surface area contributed by atoms with Crippen molar-refractivity contribution in [3.8, 4) is 5.75 Å². The second-order valence-electron chi connectivity index (χ2n) is 6.25. The average molecular weight is 424 g/mol. The molecule has 2 amide bonds. The van der Waals surface area contributed by atoms with Crippen molar-refractivity contribution < 1.29 is 22.7 Å². The van der Waals surface area contributed by atoms with Crippen LogP contribution in [0.4, 0.5) is 23.7 Å². The second-order valence-corrected chi connectivity index (χ2v) is 6.66.